The van der Waals surface area contributed by atoms with Gasteiger partial charge in [0.1, 0.15) is 6.61 Å². The summed E-state index contributed by atoms with van der Waals surface area (Å²) in [5.74, 6) is 2.12. The highest BCUT2D eigenvalue weighted by Gasteiger charge is 2.26. The van der Waals surface area contributed by atoms with Crippen molar-refractivity contribution >= 4 is 12.4 Å². The lowest BCUT2D eigenvalue weighted by molar-refractivity contribution is 0.261. The van der Waals surface area contributed by atoms with Crippen molar-refractivity contribution in [2.45, 2.75) is 31.9 Å². The monoisotopic (exact) mass is 333 g/mol. The molecule has 2 aromatic carbocycles. The minimum absolute atomic E-state index is 0. The van der Waals surface area contributed by atoms with Crippen LogP contribution >= 0.6 is 12.4 Å². The number of ether oxygens (including phenoxy) is 2. The van der Waals surface area contributed by atoms with Crippen LogP contribution in [0.5, 0.6) is 11.5 Å². The van der Waals surface area contributed by atoms with Crippen LogP contribution in [0, 0.1) is 5.92 Å². The molecular formula is C19H24ClNO2. The van der Waals surface area contributed by atoms with Crippen LogP contribution in [0.15, 0.2) is 48.5 Å². The first-order valence-corrected chi connectivity index (χ1v) is 7.88. The van der Waals surface area contributed by atoms with Gasteiger partial charge in [0.25, 0.3) is 0 Å². The molecule has 0 bridgehead atoms. The Morgan fingerprint density at radius 1 is 1.09 bits per heavy atom. The van der Waals surface area contributed by atoms with Gasteiger partial charge < -0.3 is 15.2 Å². The molecule has 0 aromatic heterocycles. The van der Waals surface area contributed by atoms with Crippen molar-refractivity contribution < 1.29 is 9.47 Å². The predicted octanol–water partition coefficient (Wildman–Crippen LogP) is 4.50. The van der Waals surface area contributed by atoms with E-state index in [-0.39, 0.29) is 18.4 Å². The number of halogens is 1. The number of rotatable bonds is 6. The number of nitrogens with two attached hydrogens (primary N) is 1. The zero-order valence-electron chi connectivity index (χ0n) is 13.4. The summed E-state index contributed by atoms with van der Waals surface area (Å²) in [6.45, 7) is 0.527. The highest BCUT2D eigenvalue weighted by atomic mass is 35.5. The fraction of sp³-hybridized carbons (Fsp3) is 0.368. The molecule has 23 heavy (non-hydrogen) atoms. The van der Waals surface area contributed by atoms with Crippen LogP contribution in [-0.2, 0) is 6.61 Å². The molecule has 1 aliphatic carbocycles. The van der Waals surface area contributed by atoms with Crippen LogP contribution in [0.4, 0.5) is 0 Å². The number of hydrogen-bond donors (Lipinski definition) is 1. The molecule has 3 nitrogen and oxygen atoms in total. The molecule has 1 saturated carbocycles. The molecule has 1 atom stereocenters. The summed E-state index contributed by atoms with van der Waals surface area (Å²) in [4.78, 5) is 0. The van der Waals surface area contributed by atoms with E-state index < -0.39 is 0 Å². The summed E-state index contributed by atoms with van der Waals surface area (Å²) in [5.41, 5.74) is 8.64. The molecule has 4 heteroatoms. The van der Waals surface area contributed by atoms with Gasteiger partial charge >= 0.3 is 0 Å². The van der Waals surface area contributed by atoms with Crippen LogP contribution in [0.2, 0.25) is 0 Å². The molecular weight excluding hydrogens is 310 g/mol. The molecule has 0 heterocycles. The summed E-state index contributed by atoms with van der Waals surface area (Å²) in [5, 5.41) is 0. The lowest BCUT2D eigenvalue weighted by Crippen LogP contribution is -2.26. The van der Waals surface area contributed by atoms with E-state index in [4.69, 9.17) is 15.2 Å². The lowest BCUT2D eigenvalue weighted by atomic mass is 9.77. The minimum Gasteiger partial charge on any atom is -0.493 e. The van der Waals surface area contributed by atoms with Crippen LogP contribution in [0.25, 0.3) is 0 Å². The van der Waals surface area contributed by atoms with E-state index >= 15 is 0 Å². The van der Waals surface area contributed by atoms with Gasteiger partial charge in [-0.05, 0) is 42.0 Å². The van der Waals surface area contributed by atoms with Crippen LogP contribution in [0.3, 0.4) is 0 Å². The van der Waals surface area contributed by atoms with E-state index in [1.807, 2.05) is 30.3 Å². The van der Waals surface area contributed by atoms with Crippen molar-refractivity contribution in [3.8, 4) is 11.5 Å². The third-order valence-corrected chi connectivity index (χ3v) is 4.47. The van der Waals surface area contributed by atoms with Crippen molar-refractivity contribution in [2.75, 3.05) is 7.11 Å². The van der Waals surface area contributed by atoms with Gasteiger partial charge in [-0.25, -0.2) is 0 Å². The molecule has 0 saturated heterocycles. The van der Waals surface area contributed by atoms with Crippen molar-refractivity contribution in [1.82, 2.24) is 0 Å². The molecule has 124 valence electrons. The van der Waals surface area contributed by atoms with Crippen LogP contribution < -0.4 is 15.2 Å². The van der Waals surface area contributed by atoms with Crippen molar-refractivity contribution in [3.63, 3.8) is 0 Å². The second-order valence-corrected chi connectivity index (χ2v) is 5.90. The van der Waals surface area contributed by atoms with Gasteiger partial charge in [-0.1, -0.05) is 42.8 Å². The molecule has 3 rings (SSSR count). The fourth-order valence-corrected chi connectivity index (χ4v) is 2.82. The minimum atomic E-state index is 0. The van der Waals surface area contributed by atoms with Gasteiger partial charge in [0.2, 0.25) is 0 Å². The standard InChI is InChI=1S/C19H23NO2.ClH/c1-21-17-11-10-16(19(20)15-8-5-9-15)12-18(17)22-13-14-6-3-2-4-7-14;/h2-4,6-7,10-12,15,19H,5,8-9,13,20H2,1H3;1H/t19-;/m0./s1. The molecule has 1 aliphatic rings. The largest absolute Gasteiger partial charge is 0.493 e. The maximum atomic E-state index is 6.37. The Balaban J connectivity index is 0.00000192. The topological polar surface area (TPSA) is 44.5 Å². The molecule has 1 fully saturated rings. The van der Waals surface area contributed by atoms with Gasteiger partial charge in [0.15, 0.2) is 11.5 Å². The average molecular weight is 334 g/mol. The maximum absolute atomic E-state index is 6.37. The van der Waals surface area contributed by atoms with Gasteiger partial charge in [-0.15, -0.1) is 12.4 Å². The second-order valence-electron chi connectivity index (χ2n) is 5.90. The van der Waals surface area contributed by atoms with E-state index in [2.05, 4.69) is 18.2 Å². The van der Waals surface area contributed by atoms with Gasteiger partial charge in [0, 0.05) is 6.04 Å². The Kier molecular flexibility index (Phi) is 6.31. The van der Waals surface area contributed by atoms with Crippen molar-refractivity contribution in [2.24, 2.45) is 11.7 Å². The number of methoxy groups -OCH3 is 1. The summed E-state index contributed by atoms with van der Waals surface area (Å²) in [6.07, 6.45) is 3.76. The predicted molar refractivity (Wildman–Crippen MR) is 95.3 cm³/mol. The van der Waals surface area contributed by atoms with Crippen molar-refractivity contribution in [1.29, 1.82) is 0 Å². The highest BCUT2D eigenvalue weighted by molar-refractivity contribution is 5.85. The zero-order chi connectivity index (χ0) is 15.4. The molecule has 0 amide bonds. The summed E-state index contributed by atoms with van der Waals surface area (Å²) in [6, 6.07) is 16.3. The smallest absolute Gasteiger partial charge is 0.161 e. The Labute approximate surface area is 144 Å². The quantitative estimate of drug-likeness (QED) is 0.846. The Hall–Kier alpha value is -1.71. The van der Waals surface area contributed by atoms with E-state index in [0.29, 0.717) is 12.5 Å². The third-order valence-electron chi connectivity index (χ3n) is 4.47. The number of hydrogen-bond acceptors (Lipinski definition) is 3. The first kappa shape index (κ1) is 17.6. The lowest BCUT2D eigenvalue weighted by Gasteiger charge is -2.31. The first-order valence-electron chi connectivity index (χ1n) is 7.88. The number of benzene rings is 2. The normalized spacial score (nSPS) is 15.2. The summed E-state index contributed by atoms with van der Waals surface area (Å²) >= 11 is 0. The molecule has 2 aromatic rings. The molecule has 0 unspecified atom stereocenters. The van der Waals surface area contributed by atoms with E-state index in [1.165, 1.54) is 19.3 Å². The molecule has 2 N–H and O–H groups in total. The third kappa shape index (κ3) is 4.18. The second kappa shape index (κ2) is 8.23. The Morgan fingerprint density at radius 2 is 1.83 bits per heavy atom. The zero-order valence-corrected chi connectivity index (χ0v) is 14.2. The summed E-state index contributed by atoms with van der Waals surface area (Å²) < 4.78 is 11.4. The average Bonchev–Trinajstić information content (AvgIpc) is 2.52. The van der Waals surface area contributed by atoms with E-state index in [0.717, 1.165) is 22.6 Å². The molecule has 0 aliphatic heterocycles. The van der Waals surface area contributed by atoms with Crippen LogP contribution in [-0.4, -0.2) is 7.11 Å². The fourth-order valence-electron chi connectivity index (χ4n) is 2.82. The molecule has 0 radical (unpaired) electrons. The molecule has 0 spiro atoms. The van der Waals surface area contributed by atoms with Gasteiger partial charge in [-0.3, -0.25) is 0 Å². The highest BCUT2D eigenvalue weighted by Crippen LogP contribution is 2.38. The first-order chi connectivity index (χ1) is 10.8. The Morgan fingerprint density at radius 3 is 2.43 bits per heavy atom. The van der Waals surface area contributed by atoms with Gasteiger partial charge in [0.05, 0.1) is 7.11 Å². The van der Waals surface area contributed by atoms with E-state index in [9.17, 15) is 0 Å². The SMILES string of the molecule is COc1ccc([C@@H](N)C2CCC2)cc1OCc1ccccc1.Cl. The van der Waals surface area contributed by atoms with Gasteiger partial charge in [-0.2, -0.15) is 0 Å². The van der Waals surface area contributed by atoms with E-state index in [1.54, 1.807) is 7.11 Å². The Bertz CT molecular complexity index is 614. The van der Waals surface area contributed by atoms with Crippen molar-refractivity contribution in [3.05, 3.63) is 59.7 Å². The maximum Gasteiger partial charge on any atom is 0.161 e. The summed E-state index contributed by atoms with van der Waals surface area (Å²) in [7, 11) is 1.66. The van der Waals surface area contributed by atoms with Crippen LogP contribution in [0.1, 0.15) is 36.4 Å².